The molecule has 1 atom stereocenters. The molecule has 7 nitrogen and oxygen atoms in total. The summed E-state index contributed by atoms with van der Waals surface area (Å²) in [4.78, 5) is 18.0. The van der Waals surface area contributed by atoms with Gasteiger partial charge in [-0.3, -0.25) is 9.10 Å². The van der Waals surface area contributed by atoms with Crippen molar-refractivity contribution >= 4 is 21.6 Å². The number of likely N-dealkylation sites (tertiary alicyclic amines) is 2. The number of hydrogen-bond donors (Lipinski definition) is 0. The summed E-state index contributed by atoms with van der Waals surface area (Å²) in [5, 5.41) is 0. The number of anilines is 1. The normalized spacial score (nSPS) is 18.7. The third-order valence-electron chi connectivity index (χ3n) is 7.32. The van der Waals surface area contributed by atoms with Crippen molar-refractivity contribution in [2.24, 2.45) is 0 Å². The van der Waals surface area contributed by atoms with Crippen LogP contribution in [0.2, 0.25) is 0 Å². The van der Waals surface area contributed by atoms with Gasteiger partial charge in [-0.1, -0.05) is 6.07 Å². The number of methoxy groups -OCH3 is 1. The first-order valence-corrected chi connectivity index (χ1v) is 14.0. The molecule has 0 saturated carbocycles. The van der Waals surface area contributed by atoms with Gasteiger partial charge >= 0.3 is 0 Å². The number of amides is 1. The van der Waals surface area contributed by atoms with Crippen molar-refractivity contribution in [3.05, 3.63) is 53.6 Å². The Morgan fingerprint density at radius 1 is 1.00 bits per heavy atom. The fourth-order valence-corrected chi connectivity index (χ4v) is 6.65. The first-order chi connectivity index (χ1) is 16.8. The number of sulfonamides is 1. The van der Waals surface area contributed by atoms with Gasteiger partial charge in [0, 0.05) is 32.1 Å². The number of aryl methyl sites for hydroxylation is 2. The minimum atomic E-state index is -3.85. The van der Waals surface area contributed by atoms with Crippen molar-refractivity contribution in [3.63, 3.8) is 0 Å². The van der Waals surface area contributed by atoms with Crippen molar-refractivity contribution in [3.8, 4) is 5.75 Å². The van der Waals surface area contributed by atoms with E-state index in [0.717, 1.165) is 50.1 Å². The Morgan fingerprint density at radius 2 is 1.71 bits per heavy atom. The molecule has 1 unspecified atom stereocenters. The maximum atomic E-state index is 13.7. The molecule has 2 saturated heterocycles. The fraction of sp³-hybridized carbons (Fsp3) is 0.519. The van der Waals surface area contributed by atoms with Gasteiger partial charge in [0.2, 0.25) is 5.91 Å². The molecular weight excluding hydrogens is 462 g/mol. The van der Waals surface area contributed by atoms with E-state index >= 15 is 0 Å². The highest BCUT2D eigenvalue weighted by Crippen LogP contribution is 2.28. The van der Waals surface area contributed by atoms with E-state index in [2.05, 4.69) is 4.90 Å². The number of nitrogens with zero attached hydrogens (tertiary/aromatic N) is 3. The molecule has 8 heteroatoms. The number of ether oxygens (including phenoxy) is 1. The Bertz CT molecular complexity index is 1130. The summed E-state index contributed by atoms with van der Waals surface area (Å²) in [5.74, 6) is 0.677. The van der Waals surface area contributed by atoms with Crippen molar-refractivity contribution < 1.29 is 17.9 Å². The van der Waals surface area contributed by atoms with Crippen molar-refractivity contribution in [1.29, 1.82) is 0 Å². The number of carbonyl (C=O) groups excluding carboxylic acids is 1. The predicted octanol–water partition coefficient (Wildman–Crippen LogP) is 3.98. The van der Waals surface area contributed by atoms with Gasteiger partial charge in [0.25, 0.3) is 10.0 Å². The summed E-state index contributed by atoms with van der Waals surface area (Å²) in [6.07, 6.45) is 4.63. The Hall–Kier alpha value is -2.58. The van der Waals surface area contributed by atoms with Crippen LogP contribution in [0.1, 0.15) is 43.2 Å². The van der Waals surface area contributed by atoms with Crippen LogP contribution in [0.15, 0.2) is 47.4 Å². The second kappa shape index (κ2) is 11.0. The third-order valence-corrected chi connectivity index (χ3v) is 9.14. The Morgan fingerprint density at radius 3 is 2.37 bits per heavy atom. The lowest BCUT2D eigenvalue weighted by molar-refractivity contribution is -0.132. The highest BCUT2D eigenvalue weighted by atomic mass is 32.2. The first kappa shape index (κ1) is 25.5. The van der Waals surface area contributed by atoms with Gasteiger partial charge in [-0.25, -0.2) is 8.42 Å². The van der Waals surface area contributed by atoms with Crippen LogP contribution < -0.4 is 9.04 Å². The molecule has 190 valence electrons. The molecule has 2 aliphatic rings. The number of hydrogen-bond acceptors (Lipinski definition) is 5. The third kappa shape index (κ3) is 5.81. The molecule has 0 N–H and O–H groups in total. The summed E-state index contributed by atoms with van der Waals surface area (Å²) >= 11 is 0. The zero-order chi connectivity index (χ0) is 25.0. The van der Waals surface area contributed by atoms with E-state index in [1.165, 1.54) is 17.1 Å². The lowest BCUT2D eigenvalue weighted by Gasteiger charge is -2.30. The molecular formula is C27H37N3O4S. The minimum absolute atomic E-state index is 0.0282. The smallest absolute Gasteiger partial charge is 0.264 e. The SMILES string of the molecule is COc1ccc(N(CCC(=O)N2CCCC2CN2CCCC2)S(=O)(=O)c2ccc(C)c(C)c2)cc1. The Labute approximate surface area is 209 Å². The van der Waals surface area contributed by atoms with Gasteiger partial charge in [0.05, 0.1) is 17.7 Å². The standard InChI is InChI=1S/C27H37N3O4S/c1-21-8-13-26(19-22(21)2)35(32,33)30(23-9-11-25(34-3)12-10-23)18-14-27(31)29-17-6-7-24(29)20-28-15-4-5-16-28/h8-13,19,24H,4-7,14-18,20H2,1-3H3. The summed E-state index contributed by atoms with van der Waals surface area (Å²) in [6, 6.07) is 12.3. The molecule has 0 bridgehead atoms. The van der Waals surface area contributed by atoms with Crippen LogP contribution in [0.5, 0.6) is 5.75 Å². The number of carbonyl (C=O) groups is 1. The Balaban J connectivity index is 1.54. The minimum Gasteiger partial charge on any atom is -0.497 e. The van der Waals surface area contributed by atoms with Crippen LogP contribution in [0.4, 0.5) is 5.69 Å². The van der Waals surface area contributed by atoms with Crippen molar-refractivity contribution in [1.82, 2.24) is 9.80 Å². The second-order valence-electron chi connectivity index (χ2n) is 9.66. The van der Waals surface area contributed by atoms with Crippen LogP contribution in [-0.2, 0) is 14.8 Å². The molecule has 0 radical (unpaired) electrons. The van der Waals surface area contributed by atoms with E-state index < -0.39 is 10.0 Å². The highest BCUT2D eigenvalue weighted by Gasteiger charge is 2.32. The fourth-order valence-electron chi connectivity index (χ4n) is 5.10. The zero-order valence-corrected chi connectivity index (χ0v) is 21.9. The highest BCUT2D eigenvalue weighted by molar-refractivity contribution is 7.92. The molecule has 0 spiro atoms. The molecule has 0 aromatic heterocycles. The van der Waals surface area contributed by atoms with Crippen molar-refractivity contribution in [2.75, 3.05) is 44.1 Å². The van der Waals surface area contributed by atoms with Gasteiger partial charge in [0.1, 0.15) is 5.75 Å². The van der Waals surface area contributed by atoms with Crippen LogP contribution in [0.3, 0.4) is 0 Å². The predicted molar refractivity (Wildman–Crippen MR) is 138 cm³/mol. The van der Waals surface area contributed by atoms with Crippen LogP contribution in [-0.4, -0.2) is 70.0 Å². The molecule has 2 heterocycles. The summed E-state index contributed by atoms with van der Waals surface area (Å²) in [7, 11) is -2.28. The van der Waals surface area contributed by atoms with E-state index in [-0.39, 0.29) is 29.8 Å². The molecule has 35 heavy (non-hydrogen) atoms. The lowest BCUT2D eigenvalue weighted by Crippen LogP contribution is -2.44. The second-order valence-corrected chi connectivity index (χ2v) is 11.5. The van der Waals surface area contributed by atoms with Crippen LogP contribution in [0.25, 0.3) is 0 Å². The van der Waals surface area contributed by atoms with E-state index in [1.54, 1.807) is 43.5 Å². The molecule has 4 rings (SSSR count). The summed E-state index contributed by atoms with van der Waals surface area (Å²) < 4.78 is 34.1. The number of benzene rings is 2. The van der Waals surface area contributed by atoms with Gasteiger partial charge < -0.3 is 14.5 Å². The quantitative estimate of drug-likeness (QED) is 0.522. The molecule has 0 aliphatic carbocycles. The maximum absolute atomic E-state index is 13.7. The summed E-state index contributed by atoms with van der Waals surface area (Å²) in [5.41, 5.74) is 2.47. The van der Waals surface area contributed by atoms with E-state index in [9.17, 15) is 13.2 Å². The monoisotopic (exact) mass is 499 g/mol. The van der Waals surface area contributed by atoms with Gasteiger partial charge in [-0.2, -0.15) is 0 Å². The average molecular weight is 500 g/mol. The van der Waals surface area contributed by atoms with Crippen LogP contribution >= 0.6 is 0 Å². The first-order valence-electron chi connectivity index (χ1n) is 12.6. The molecule has 2 aromatic carbocycles. The van der Waals surface area contributed by atoms with E-state index in [4.69, 9.17) is 4.74 Å². The zero-order valence-electron chi connectivity index (χ0n) is 21.1. The average Bonchev–Trinajstić information content (AvgIpc) is 3.53. The number of rotatable bonds is 9. The maximum Gasteiger partial charge on any atom is 0.264 e. The largest absolute Gasteiger partial charge is 0.497 e. The van der Waals surface area contributed by atoms with Crippen molar-refractivity contribution in [2.45, 2.75) is 56.9 Å². The Kier molecular flexibility index (Phi) is 8.02. The molecule has 2 fully saturated rings. The molecule has 2 aliphatic heterocycles. The van der Waals surface area contributed by atoms with Crippen LogP contribution in [0, 0.1) is 13.8 Å². The van der Waals surface area contributed by atoms with E-state index in [1.807, 2.05) is 24.8 Å². The topological polar surface area (TPSA) is 70.2 Å². The van der Waals surface area contributed by atoms with Gasteiger partial charge in [-0.05, 0) is 100 Å². The van der Waals surface area contributed by atoms with Gasteiger partial charge in [0.15, 0.2) is 0 Å². The molecule has 2 aromatic rings. The van der Waals surface area contributed by atoms with E-state index in [0.29, 0.717) is 11.4 Å². The summed E-state index contributed by atoms with van der Waals surface area (Å²) in [6.45, 7) is 7.85. The van der Waals surface area contributed by atoms with Gasteiger partial charge in [-0.15, -0.1) is 0 Å². The molecule has 1 amide bonds. The lowest BCUT2D eigenvalue weighted by atomic mass is 10.1.